The monoisotopic (exact) mass is 422 g/mol. The molecule has 1 aliphatic carbocycles. The molecule has 2 aromatic rings. The topological polar surface area (TPSA) is 24.5 Å². The van der Waals surface area contributed by atoms with Gasteiger partial charge in [0, 0.05) is 32.2 Å². The zero-order chi connectivity index (χ0) is 17.6. The molecule has 0 radical (unpaired) electrons. The Morgan fingerprint density at radius 3 is 2.36 bits per heavy atom. The first kappa shape index (κ1) is 23.0. The van der Waals surface area contributed by atoms with Crippen LogP contribution in [0.2, 0.25) is 0 Å². The summed E-state index contributed by atoms with van der Waals surface area (Å²) in [5.41, 5.74) is 2.65. The number of nitrogens with one attached hydrogen (secondary N) is 1. The summed E-state index contributed by atoms with van der Waals surface area (Å²) in [6.45, 7) is 5.14. The van der Waals surface area contributed by atoms with Crippen LogP contribution in [0.25, 0.3) is 0 Å². The zero-order valence-corrected chi connectivity index (χ0v) is 18.0. The molecular formula is C23H32Cl2N2O. The first-order valence-corrected chi connectivity index (χ1v) is 10.1. The van der Waals surface area contributed by atoms with Gasteiger partial charge in [0.05, 0.1) is 0 Å². The van der Waals surface area contributed by atoms with Gasteiger partial charge in [-0.15, -0.1) is 24.8 Å². The van der Waals surface area contributed by atoms with Crippen LogP contribution in [0.3, 0.4) is 0 Å². The van der Waals surface area contributed by atoms with Gasteiger partial charge in [-0.25, -0.2) is 0 Å². The van der Waals surface area contributed by atoms with Gasteiger partial charge >= 0.3 is 0 Å². The fourth-order valence-corrected chi connectivity index (χ4v) is 4.54. The second-order valence-corrected chi connectivity index (χ2v) is 7.62. The number of piperazine rings is 1. The van der Waals surface area contributed by atoms with Crippen LogP contribution in [-0.4, -0.2) is 31.1 Å². The second-order valence-electron chi connectivity index (χ2n) is 7.62. The summed E-state index contributed by atoms with van der Waals surface area (Å²) in [6, 6.07) is 19.8. The lowest BCUT2D eigenvalue weighted by Crippen LogP contribution is -2.46. The van der Waals surface area contributed by atoms with Crippen LogP contribution in [-0.2, 0) is 6.61 Å². The minimum Gasteiger partial charge on any atom is -0.489 e. The lowest BCUT2D eigenvalue weighted by molar-refractivity contribution is 0.125. The number of hydrogen-bond donors (Lipinski definition) is 1. The van der Waals surface area contributed by atoms with Gasteiger partial charge in [0.2, 0.25) is 0 Å². The van der Waals surface area contributed by atoms with E-state index < -0.39 is 0 Å². The van der Waals surface area contributed by atoms with Crippen molar-refractivity contribution in [2.45, 2.75) is 38.3 Å². The molecule has 0 bridgehead atoms. The van der Waals surface area contributed by atoms with Gasteiger partial charge in [0.15, 0.2) is 0 Å². The van der Waals surface area contributed by atoms with Crippen molar-refractivity contribution >= 4 is 24.8 Å². The summed E-state index contributed by atoms with van der Waals surface area (Å²) in [7, 11) is 0. The molecule has 1 atom stereocenters. The van der Waals surface area contributed by atoms with Crippen molar-refractivity contribution in [3.8, 4) is 5.75 Å². The quantitative estimate of drug-likeness (QED) is 0.687. The van der Waals surface area contributed by atoms with Crippen molar-refractivity contribution in [1.82, 2.24) is 10.2 Å². The van der Waals surface area contributed by atoms with Crippen LogP contribution in [0, 0.1) is 5.92 Å². The maximum absolute atomic E-state index is 6.10. The van der Waals surface area contributed by atoms with Gasteiger partial charge in [-0.1, -0.05) is 55.3 Å². The van der Waals surface area contributed by atoms with Gasteiger partial charge in [-0.3, -0.25) is 4.90 Å². The first-order valence-electron chi connectivity index (χ1n) is 10.1. The van der Waals surface area contributed by atoms with E-state index in [0.29, 0.717) is 12.6 Å². The highest BCUT2D eigenvalue weighted by atomic mass is 35.5. The molecule has 1 aliphatic heterocycles. The molecule has 1 saturated heterocycles. The standard InChI is InChI=1S/C23H30N2O.2ClH/c1-2-7-19(8-3-1)18-26-22-12-6-11-21(17-22)23(20-9-4-5-10-20)25-15-13-24-14-16-25;;/h1-3,6-8,11-12,17,20,23-24H,4-5,9-10,13-16,18H2;2*1H/t23-;;/m1../s1. The Morgan fingerprint density at radius 1 is 0.929 bits per heavy atom. The SMILES string of the molecule is Cl.Cl.c1ccc(COc2cccc([C@@H](C3CCCC3)N3CCNCC3)c2)cc1. The molecule has 0 amide bonds. The van der Waals surface area contributed by atoms with Crippen LogP contribution in [0.15, 0.2) is 54.6 Å². The van der Waals surface area contributed by atoms with Crippen molar-refractivity contribution in [3.05, 3.63) is 65.7 Å². The normalized spacial score (nSPS) is 18.7. The number of rotatable bonds is 6. The Bertz CT molecular complexity index is 686. The van der Waals surface area contributed by atoms with Crippen molar-refractivity contribution in [3.63, 3.8) is 0 Å². The summed E-state index contributed by atoms with van der Waals surface area (Å²) >= 11 is 0. The maximum Gasteiger partial charge on any atom is 0.120 e. The highest BCUT2D eigenvalue weighted by Gasteiger charge is 2.31. The summed E-state index contributed by atoms with van der Waals surface area (Å²) in [6.07, 6.45) is 5.50. The van der Waals surface area contributed by atoms with Crippen molar-refractivity contribution in [1.29, 1.82) is 0 Å². The molecule has 0 aromatic heterocycles. The van der Waals surface area contributed by atoms with E-state index in [-0.39, 0.29) is 24.8 Å². The molecular weight excluding hydrogens is 391 g/mol. The van der Waals surface area contributed by atoms with Gasteiger partial charge in [0.1, 0.15) is 12.4 Å². The molecule has 0 spiro atoms. The maximum atomic E-state index is 6.10. The third-order valence-electron chi connectivity index (χ3n) is 5.84. The van der Waals surface area contributed by atoms with Crippen molar-refractivity contribution in [2.24, 2.45) is 5.92 Å². The van der Waals surface area contributed by atoms with Gasteiger partial charge in [-0.05, 0) is 42.0 Å². The fourth-order valence-electron chi connectivity index (χ4n) is 4.54. The number of hydrogen-bond acceptors (Lipinski definition) is 3. The van der Waals surface area contributed by atoms with E-state index in [2.05, 4.69) is 58.7 Å². The predicted molar refractivity (Wildman–Crippen MR) is 121 cm³/mol. The van der Waals surface area contributed by atoms with Gasteiger partial charge < -0.3 is 10.1 Å². The van der Waals surface area contributed by atoms with Crippen LogP contribution >= 0.6 is 24.8 Å². The largest absolute Gasteiger partial charge is 0.489 e. The van der Waals surface area contributed by atoms with Crippen LogP contribution in [0.4, 0.5) is 0 Å². The minimum atomic E-state index is 0. The molecule has 0 unspecified atom stereocenters. The van der Waals surface area contributed by atoms with Crippen molar-refractivity contribution < 1.29 is 4.74 Å². The predicted octanol–water partition coefficient (Wildman–Crippen LogP) is 5.25. The number of benzene rings is 2. The van der Waals surface area contributed by atoms with E-state index >= 15 is 0 Å². The average molecular weight is 423 g/mol. The van der Waals surface area contributed by atoms with Crippen LogP contribution in [0.1, 0.15) is 42.9 Å². The molecule has 1 saturated carbocycles. The Morgan fingerprint density at radius 2 is 1.64 bits per heavy atom. The highest BCUT2D eigenvalue weighted by Crippen LogP contribution is 2.40. The third-order valence-corrected chi connectivity index (χ3v) is 5.84. The second kappa shape index (κ2) is 11.7. The van der Waals surface area contributed by atoms with Gasteiger partial charge in [-0.2, -0.15) is 0 Å². The molecule has 2 aliphatic rings. The van der Waals surface area contributed by atoms with E-state index in [0.717, 1.165) is 37.8 Å². The van der Waals surface area contributed by atoms with Crippen LogP contribution in [0.5, 0.6) is 5.75 Å². The number of halogens is 2. The van der Waals surface area contributed by atoms with Crippen molar-refractivity contribution in [2.75, 3.05) is 26.2 Å². The molecule has 2 fully saturated rings. The molecule has 4 rings (SSSR count). The smallest absolute Gasteiger partial charge is 0.120 e. The summed E-state index contributed by atoms with van der Waals surface area (Å²) < 4.78 is 6.10. The molecule has 2 aromatic carbocycles. The fraction of sp³-hybridized carbons (Fsp3) is 0.478. The average Bonchev–Trinajstić information content (AvgIpc) is 3.23. The molecule has 1 N–H and O–H groups in total. The summed E-state index contributed by atoms with van der Waals surface area (Å²) in [5.74, 6) is 1.78. The molecule has 154 valence electrons. The Labute approximate surface area is 181 Å². The third kappa shape index (κ3) is 5.87. The Kier molecular flexibility index (Phi) is 9.60. The Hall–Kier alpha value is -1.26. The number of nitrogens with zero attached hydrogens (tertiary/aromatic N) is 1. The first-order chi connectivity index (χ1) is 12.9. The minimum absolute atomic E-state index is 0. The molecule has 28 heavy (non-hydrogen) atoms. The lowest BCUT2D eigenvalue weighted by atomic mass is 9.89. The van der Waals surface area contributed by atoms with E-state index in [1.54, 1.807) is 0 Å². The zero-order valence-electron chi connectivity index (χ0n) is 16.4. The van der Waals surface area contributed by atoms with E-state index in [9.17, 15) is 0 Å². The molecule has 3 nitrogen and oxygen atoms in total. The summed E-state index contributed by atoms with van der Waals surface area (Å²) in [5, 5.41) is 3.50. The van der Waals surface area contributed by atoms with Gasteiger partial charge in [0.25, 0.3) is 0 Å². The Balaban J connectivity index is 0.00000140. The van der Waals surface area contributed by atoms with Crippen LogP contribution < -0.4 is 10.1 Å². The van der Waals surface area contributed by atoms with E-state index in [1.807, 2.05) is 6.07 Å². The van der Waals surface area contributed by atoms with E-state index in [4.69, 9.17) is 4.74 Å². The number of ether oxygens (including phenoxy) is 1. The lowest BCUT2D eigenvalue weighted by Gasteiger charge is -2.38. The molecule has 5 heteroatoms. The molecule has 1 heterocycles. The van der Waals surface area contributed by atoms with E-state index in [1.165, 1.54) is 36.8 Å². The summed E-state index contributed by atoms with van der Waals surface area (Å²) in [4.78, 5) is 2.70. The highest BCUT2D eigenvalue weighted by molar-refractivity contribution is 5.85.